The Morgan fingerprint density at radius 1 is 1.40 bits per heavy atom. The van der Waals surface area contributed by atoms with Crippen molar-refractivity contribution in [3.63, 3.8) is 0 Å². The van der Waals surface area contributed by atoms with E-state index in [2.05, 4.69) is 50.5 Å². The zero-order valence-electron chi connectivity index (χ0n) is 13.1. The van der Waals surface area contributed by atoms with Crippen molar-refractivity contribution in [2.75, 3.05) is 7.11 Å². The predicted octanol–water partition coefficient (Wildman–Crippen LogP) is 3.35. The van der Waals surface area contributed by atoms with E-state index in [1.165, 1.54) is 0 Å². The molecular formula is C16H25N3O. The van der Waals surface area contributed by atoms with E-state index in [1.807, 2.05) is 0 Å². The maximum atomic E-state index is 5.74. The molecule has 4 heteroatoms. The van der Waals surface area contributed by atoms with Crippen LogP contribution < -0.4 is 5.73 Å². The number of fused-ring (bicyclic) bond motifs is 1. The van der Waals surface area contributed by atoms with Gasteiger partial charge in [0.25, 0.3) is 0 Å². The van der Waals surface area contributed by atoms with Gasteiger partial charge < -0.3 is 15.0 Å². The van der Waals surface area contributed by atoms with Gasteiger partial charge in [0.15, 0.2) is 0 Å². The second-order valence-electron chi connectivity index (χ2n) is 5.71. The van der Waals surface area contributed by atoms with Crippen LogP contribution in [0.5, 0.6) is 0 Å². The van der Waals surface area contributed by atoms with Gasteiger partial charge in [-0.3, -0.25) is 0 Å². The van der Waals surface area contributed by atoms with Gasteiger partial charge in [-0.2, -0.15) is 0 Å². The van der Waals surface area contributed by atoms with Crippen molar-refractivity contribution in [3.8, 4) is 0 Å². The molecule has 1 unspecified atom stereocenters. The molecule has 1 aromatic carbocycles. The number of rotatable bonds is 5. The first-order valence-electron chi connectivity index (χ1n) is 7.23. The molecule has 0 aliphatic carbocycles. The van der Waals surface area contributed by atoms with E-state index in [0.717, 1.165) is 28.8 Å². The Morgan fingerprint density at radius 3 is 2.60 bits per heavy atom. The third-order valence-corrected chi connectivity index (χ3v) is 4.10. The van der Waals surface area contributed by atoms with Crippen molar-refractivity contribution in [1.82, 2.24) is 9.55 Å². The largest absolute Gasteiger partial charge is 0.371 e. The summed E-state index contributed by atoms with van der Waals surface area (Å²) in [5.74, 6) is 0.988. The van der Waals surface area contributed by atoms with Crippen LogP contribution in [0, 0.1) is 0 Å². The number of ether oxygens (including phenoxy) is 1. The van der Waals surface area contributed by atoms with Crippen molar-refractivity contribution in [2.24, 2.45) is 5.73 Å². The third-order valence-electron chi connectivity index (χ3n) is 4.10. The predicted molar refractivity (Wildman–Crippen MR) is 82.7 cm³/mol. The number of nitrogens with zero attached hydrogens (tertiary/aromatic N) is 2. The highest BCUT2D eigenvalue weighted by atomic mass is 16.5. The molecule has 2 rings (SSSR count). The second kappa shape index (κ2) is 5.54. The van der Waals surface area contributed by atoms with Crippen LogP contribution in [0.3, 0.4) is 0 Å². The molecule has 0 saturated heterocycles. The van der Waals surface area contributed by atoms with Crippen LogP contribution in [0.1, 0.15) is 51.5 Å². The molecule has 0 aliphatic heterocycles. The highest BCUT2D eigenvalue weighted by molar-refractivity contribution is 5.77. The highest BCUT2D eigenvalue weighted by Crippen LogP contribution is 2.33. The molecule has 2 aromatic rings. The molecule has 0 amide bonds. The molecule has 1 heterocycles. The zero-order chi connectivity index (χ0) is 14.9. The van der Waals surface area contributed by atoms with Gasteiger partial charge in [0.1, 0.15) is 11.4 Å². The van der Waals surface area contributed by atoms with Gasteiger partial charge in [-0.05, 0) is 44.9 Å². The molecular weight excluding hydrogens is 250 g/mol. The Morgan fingerprint density at radius 2 is 2.10 bits per heavy atom. The fraction of sp³-hybridized carbons (Fsp3) is 0.562. The van der Waals surface area contributed by atoms with Gasteiger partial charge in [-0.15, -0.1) is 0 Å². The van der Waals surface area contributed by atoms with E-state index < -0.39 is 0 Å². The first-order chi connectivity index (χ1) is 9.46. The quantitative estimate of drug-likeness (QED) is 0.910. The smallest absolute Gasteiger partial charge is 0.142 e. The molecule has 0 fully saturated rings. The summed E-state index contributed by atoms with van der Waals surface area (Å²) in [5.41, 5.74) is 8.60. The third kappa shape index (κ3) is 2.34. The van der Waals surface area contributed by atoms with E-state index in [1.54, 1.807) is 7.11 Å². The number of hydrogen-bond acceptors (Lipinski definition) is 3. The van der Waals surface area contributed by atoms with Crippen LogP contribution >= 0.6 is 0 Å². The van der Waals surface area contributed by atoms with Gasteiger partial charge in [-0.25, -0.2) is 4.98 Å². The fourth-order valence-electron chi connectivity index (χ4n) is 2.56. The van der Waals surface area contributed by atoms with Crippen LogP contribution in [0.25, 0.3) is 11.0 Å². The van der Waals surface area contributed by atoms with Gasteiger partial charge in [0.2, 0.25) is 0 Å². The standard InChI is InChI=1S/C16H25N3O/c1-6-16(4,20-5)15-18-13-9-12(10-17)7-8-14(13)19(15)11(2)3/h7-9,11H,6,10,17H2,1-5H3. The van der Waals surface area contributed by atoms with Crippen molar-refractivity contribution in [1.29, 1.82) is 0 Å². The Hall–Kier alpha value is -1.39. The molecule has 1 atom stereocenters. The van der Waals surface area contributed by atoms with Crippen LogP contribution in [0.2, 0.25) is 0 Å². The summed E-state index contributed by atoms with van der Waals surface area (Å²) in [5, 5.41) is 0. The van der Waals surface area contributed by atoms with E-state index in [-0.39, 0.29) is 5.60 Å². The van der Waals surface area contributed by atoms with Crippen molar-refractivity contribution >= 4 is 11.0 Å². The summed E-state index contributed by atoms with van der Waals surface area (Å²) in [4.78, 5) is 4.84. The summed E-state index contributed by atoms with van der Waals surface area (Å²) >= 11 is 0. The normalized spacial score (nSPS) is 14.9. The molecule has 4 nitrogen and oxygen atoms in total. The van der Waals surface area contributed by atoms with E-state index in [0.29, 0.717) is 12.6 Å². The van der Waals surface area contributed by atoms with E-state index >= 15 is 0 Å². The number of benzene rings is 1. The molecule has 110 valence electrons. The Labute approximate surface area is 120 Å². The van der Waals surface area contributed by atoms with Crippen LogP contribution in [0.4, 0.5) is 0 Å². The lowest BCUT2D eigenvalue weighted by Gasteiger charge is -2.28. The van der Waals surface area contributed by atoms with Gasteiger partial charge in [0.05, 0.1) is 11.0 Å². The summed E-state index contributed by atoms with van der Waals surface area (Å²) < 4.78 is 8.01. The minimum absolute atomic E-state index is 0.333. The lowest BCUT2D eigenvalue weighted by Crippen LogP contribution is -2.28. The van der Waals surface area contributed by atoms with Crippen LogP contribution in [-0.2, 0) is 16.9 Å². The van der Waals surface area contributed by atoms with Gasteiger partial charge >= 0.3 is 0 Å². The van der Waals surface area contributed by atoms with E-state index in [4.69, 9.17) is 15.5 Å². The second-order valence-corrected chi connectivity index (χ2v) is 5.71. The molecule has 0 aliphatic rings. The van der Waals surface area contributed by atoms with Crippen molar-refractivity contribution in [2.45, 2.75) is 52.3 Å². The Bertz CT molecular complexity index is 597. The minimum atomic E-state index is -0.369. The Balaban J connectivity index is 2.73. The topological polar surface area (TPSA) is 53.1 Å². The van der Waals surface area contributed by atoms with Crippen molar-refractivity contribution in [3.05, 3.63) is 29.6 Å². The Kier molecular flexibility index (Phi) is 4.16. The first kappa shape index (κ1) is 15.0. The van der Waals surface area contributed by atoms with Gasteiger partial charge in [0, 0.05) is 19.7 Å². The average Bonchev–Trinajstić information content (AvgIpc) is 2.85. The number of hydrogen-bond donors (Lipinski definition) is 1. The summed E-state index contributed by atoms with van der Waals surface area (Å²) in [6.07, 6.45) is 0.878. The molecule has 0 saturated carbocycles. The molecule has 0 bridgehead atoms. The number of nitrogens with two attached hydrogens (primary N) is 1. The minimum Gasteiger partial charge on any atom is -0.371 e. The highest BCUT2D eigenvalue weighted by Gasteiger charge is 2.31. The summed E-state index contributed by atoms with van der Waals surface area (Å²) in [6, 6.07) is 6.59. The lowest BCUT2D eigenvalue weighted by molar-refractivity contribution is -0.0120. The van der Waals surface area contributed by atoms with Crippen LogP contribution in [-0.4, -0.2) is 16.7 Å². The average molecular weight is 275 g/mol. The molecule has 0 spiro atoms. The fourth-order valence-corrected chi connectivity index (χ4v) is 2.56. The monoisotopic (exact) mass is 275 g/mol. The van der Waals surface area contributed by atoms with E-state index in [9.17, 15) is 0 Å². The van der Waals surface area contributed by atoms with Crippen LogP contribution in [0.15, 0.2) is 18.2 Å². The number of imidazole rings is 1. The first-order valence-corrected chi connectivity index (χ1v) is 7.23. The van der Waals surface area contributed by atoms with Crippen molar-refractivity contribution < 1.29 is 4.74 Å². The molecule has 2 N–H and O–H groups in total. The SMILES string of the molecule is CCC(C)(OC)c1nc2cc(CN)ccc2n1C(C)C. The maximum absolute atomic E-state index is 5.74. The summed E-state index contributed by atoms with van der Waals surface area (Å²) in [6.45, 7) is 9.10. The van der Waals surface area contributed by atoms with Gasteiger partial charge in [-0.1, -0.05) is 13.0 Å². The lowest BCUT2D eigenvalue weighted by atomic mass is 10.0. The number of methoxy groups -OCH3 is 1. The summed E-state index contributed by atoms with van der Waals surface area (Å²) in [7, 11) is 1.75. The molecule has 1 aromatic heterocycles. The number of aromatic nitrogens is 2. The zero-order valence-corrected chi connectivity index (χ0v) is 13.1. The molecule has 20 heavy (non-hydrogen) atoms. The molecule has 0 radical (unpaired) electrons. The maximum Gasteiger partial charge on any atom is 0.142 e.